The predicted molar refractivity (Wildman–Crippen MR) is 79.2 cm³/mol. The molecule has 1 amide bonds. The van der Waals surface area contributed by atoms with Gasteiger partial charge in [-0.2, -0.15) is 5.10 Å². The zero-order valence-electron chi connectivity index (χ0n) is 12.0. The molecule has 1 N–H and O–H groups in total. The quantitative estimate of drug-likeness (QED) is 0.678. The van der Waals surface area contributed by atoms with Crippen molar-refractivity contribution in [1.29, 1.82) is 0 Å². The molecule has 0 aromatic carbocycles. The van der Waals surface area contributed by atoms with E-state index in [4.69, 9.17) is 0 Å². The van der Waals surface area contributed by atoms with Crippen molar-refractivity contribution in [3.05, 3.63) is 43.9 Å². The highest BCUT2D eigenvalue weighted by atomic mass is 32.1. The molecule has 2 rings (SSSR count). The molecule has 0 bridgehead atoms. The summed E-state index contributed by atoms with van der Waals surface area (Å²) in [5.41, 5.74) is 0.666. The third kappa shape index (κ3) is 3.10. The summed E-state index contributed by atoms with van der Waals surface area (Å²) in [6, 6.07) is 3.25. The normalized spacial score (nSPS) is 12.1. The van der Waals surface area contributed by atoms with Gasteiger partial charge >= 0.3 is 5.69 Å². The largest absolute Gasteiger partial charge is 0.349 e. The number of aromatic nitrogens is 2. The maximum absolute atomic E-state index is 12.1. The van der Waals surface area contributed by atoms with Gasteiger partial charge in [0.1, 0.15) is 17.4 Å². The molecule has 21 heavy (non-hydrogen) atoms. The Kier molecular flexibility index (Phi) is 4.37. The molecule has 0 saturated heterocycles. The number of hydrogen-bond acceptors (Lipinski definition) is 5. The van der Waals surface area contributed by atoms with Crippen LogP contribution in [0.1, 0.15) is 29.2 Å². The van der Waals surface area contributed by atoms with Gasteiger partial charge in [0, 0.05) is 4.88 Å². The molecule has 0 radical (unpaired) electrons. The minimum absolute atomic E-state index is 0.0343. The molecular formula is C13H16N4O3S. The van der Waals surface area contributed by atoms with E-state index >= 15 is 0 Å². The summed E-state index contributed by atoms with van der Waals surface area (Å²) < 4.78 is 1.40. The zero-order chi connectivity index (χ0) is 15.6. The van der Waals surface area contributed by atoms with E-state index in [9.17, 15) is 14.9 Å². The maximum atomic E-state index is 12.1. The minimum atomic E-state index is -0.600. The van der Waals surface area contributed by atoms with E-state index in [1.807, 2.05) is 17.5 Å². The topological polar surface area (TPSA) is 90.1 Å². The smallest absolute Gasteiger partial charge is 0.312 e. The molecule has 112 valence electrons. The summed E-state index contributed by atoms with van der Waals surface area (Å²) >= 11 is 1.56. The van der Waals surface area contributed by atoms with Crippen molar-refractivity contribution in [2.75, 3.05) is 0 Å². The Morgan fingerprint density at radius 1 is 1.57 bits per heavy atom. The minimum Gasteiger partial charge on any atom is -0.349 e. The summed E-state index contributed by atoms with van der Waals surface area (Å²) in [6.07, 6.45) is 0. The second-order valence-corrected chi connectivity index (χ2v) is 5.73. The molecule has 0 aliphatic heterocycles. The molecule has 0 aliphatic carbocycles. The summed E-state index contributed by atoms with van der Waals surface area (Å²) in [4.78, 5) is 23.7. The Labute approximate surface area is 125 Å². The number of carbonyl (C=O) groups is 1. The zero-order valence-corrected chi connectivity index (χ0v) is 12.8. The molecule has 8 heteroatoms. The van der Waals surface area contributed by atoms with Crippen LogP contribution in [0, 0.1) is 24.0 Å². The molecule has 0 saturated carbocycles. The molecule has 2 heterocycles. The van der Waals surface area contributed by atoms with Crippen LogP contribution in [0.3, 0.4) is 0 Å². The van der Waals surface area contributed by atoms with Gasteiger partial charge in [0.2, 0.25) is 5.91 Å². The average molecular weight is 308 g/mol. The van der Waals surface area contributed by atoms with Crippen molar-refractivity contribution < 1.29 is 9.72 Å². The number of thiophene rings is 1. The van der Waals surface area contributed by atoms with Gasteiger partial charge in [-0.1, -0.05) is 6.07 Å². The summed E-state index contributed by atoms with van der Waals surface area (Å²) in [5.74, 6) is -0.219. The van der Waals surface area contributed by atoms with Crippen LogP contribution in [0.15, 0.2) is 17.5 Å². The first-order chi connectivity index (χ1) is 9.91. The van der Waals surface area contributed by atoms with Crippen LogP contribution in [-0.2, 0) is 11.3 Å². The van der Waals surface area contributed by atoms with Crippen molar-refractivity contribution in [1.82, 2.24) is 15.1 Å². The second kappa shape index (κ2) is 6.04. The van der Waals surface area contributed by atoms with Crippen LogP contribution < -0.4 is 5.32 Å². The van der Waals surface area contributed by atoms with Gasteiger partial charge in [-0.3, -0.25) is 19.6 Å². The number of rotatable bonds is 5. The molecular weight excluding hydrogens is 292 g/mol. The Bertz CT molecular complexity index is 663. The van der Waals surface area contributed by atoms with Crippen LogP contribution in [0.25, 0.3) is 0 Å². The molecule has 0 aliphatic rings. The van der Waals surface area contributed by atoms with Crippen molar-refractivity contribution in [3.63, 3.8) is 0 Å². The fourth-order valence-corrected chi connectivity index (χ4v) is 2.79. The SMILES string of the molecule is Cc1nn([C@H](C)C(=O)NCc2cccs2)c(C)c1[N+](=O)[O-]. The van der Waals surface area contributed by atoms with E-state index < -0.39 is 11.0 Å². The highest BCUT2D eigenvalue weighted by Crippen LogP contribution is 2.24. The highest BCUT2D eigenvalue weighted by Gasteiger charge is 2.26. The van der Waals surface area contributed by atoms with E-state index in [0.717, 1.165) is 4.88 Å². The molecule has 0 spiro atoms. The first-order valence-corrected chi connectivity index (χ1v) is 7.30. The molecule has 7 nitrogen and oxygen atoms in total. The van der Waals surface area contributed by atoms with Crippen LogP contribution in [0.4, 0.5) is 5.69 Å². The van der Waals surface area contributed by atoms with Gasteiger partial charge in [0.05, 0.1) is 11.5 Å². The van der Waals surface area contributed by atoms with E-state index in [1.54, 1.807) is 32.1 Å². The first kappa shape index (κ1) is 15.2. The molecule has 2 aromatic heterocycles. The number of carbonyl (C=O) groups excluding carboxylic acids is 1. The van der Waals surface area contributed by atoms with Crippen molar-refractivity contribution >= 4 is 22.9 Å². The third-order valence-corrected chi connectivity index (χ3v) is 4.11. The lowest BCUT2D eigenvalue weighted by atomic mass is 10.2. The maximum Gasteiger partial charge on any atom is 0.312 e. The second-order valence-electron chi connectivity index (χ2n) is 4.69. The first-order valence-electron chi connectivity index (χ1n) is 6.42. The number of aryl methyl sites for hydroxylation is 1. The highest BCUT2D eigenvalue weighted by molar-refractivity contribution is 7.09. The van der Waals surface area contributed by atoms with Crippen LogP contribution in [-0.4, -0.2) is 20.6 Å². The third-order valence-electron chi connectivity index (χ3n) is 3.23. The monoisotopic (exact) mass is 308 g/mol. The number of nitro groups is 1. The van der Waals surface area contributed by atoms with E-state index in [2.05, 4.69) is 10.4 Å². The fourth-order valence-electron chi connectivity index (χ4n) is 2.14. The molecule has 0 unspecified atom stereocenters. The Hall–Kier alpha value is -2.22. The van der Waals surface area contributed by atoms with E-state index in [0.29, 0.717) is 17.9 Å². The predicted octanol–water partition coefficient (Wildman–Crippen LogP) is 2.35. The lowest BCUT2D eigenvalue weighted by Crippen LogP contribution is -2.31. The van der Waals surface area contributed by atoms with E-state index in [-0.39, 0.29) is 11.6 Å². The number of amides is 1. The summed E-state index contributed by atoms with van der Waals surface area (Å²) in [7, 11) is 0. The van der Waals surface area contributed by atoms with Crippen molar-refractivity contribution in [3.8, 4) is 0 Å². The van der Waals surface area contributed by atoms with Crippen LogP contribution in [0.2, 0.25) is 0 Å². The molecule has 2 aromatic rings. The summed E-state index contributed by atoms with van der Waals surface area (Å²) in [6.45, 7) is 5.29. The molecule has 1 atom stereocenters. The van der Waals surface area contributed by atoms with Crippen molar-refractivity contribution in [2.24, 2.45) is 0 Å². The van der Waals surface area contributed by atoms with Gasteiger partial charge in [-0.15, -0.1) is 11.3 Å². The van der Waals surface area contributed by atoms with Crippen molar-refractivity contribution in [2.45, 2.75) is 33.4 Å². The average Bonchev–Trinajstić information content (AvgIpc) is 3.03. The van der Waals surface area contributed by atoms with Gasteiger partial charge in [-0.05, 0) is 32.2 Å². The van der Waals surface area contributed by atoms with Gasteiger partial charge in [-0.25, -0.2) is 0 Å². The Morgan fingerprint density at radius 3 is 2.81 bits per heavy atom. The fraction of sp³-hybridized carbons (Fsp3) is 0.385. The lowest BCUT2D eigenvalue weighted by molar-refractivity contribution is -0.386. The van der Waals surface area contributed by atoms with Gasteiger partial charge in [0.15, 0.2) is 0 Å². The number of hydrogen-bond donors (Lipinski definition) is 1. The molecule has 0 fully saturated rings. The number of nitrogens with one attached hydrogen (secondary N) is 1. The van der Waals surface area contributed by atoms with Crippen LogP contribution in [0.5, 0.6) is 0 Å². The Morgan fingerprint density at radius 2 is 2.29 bits per heavy atom. The standard InChI is InChI=1S/C13H16N4O3S/c1-8-12(17(19)20)9(2)16(15-8)10(3)13(18)14-7-11-5-4-6-21-11/h4-6,10H,7H2,1-3H3,(H,14,18)/t10-/m1/s1. The van der Waals surface area contributed by atoms with Gasteiger partial charge < -0.3 is 5.32 Å². The van der Waals surface area contributed by atoms with Crippen LogP contribution >= 0.6 is 11.3 Å². The Balaban J connectivity index is 2.12. The number of nitrogens with zero attached hydrogens (tertiary/aromatic N) is 3. The lowest BCUT2D eigenvalue weighted by Gasteiger charge is -2.13. The van der Waals surface area contributed by atoms with Gasteiger partial charge in [0.25, 0.3) is 0 Å². The van der Waals surface area contributed by atoms with E-state index in [1.165, 1.54) is 4.68 Å². The summed E-state index contributed by atoms with van der Waals surface area (Å²) in [5, 5.41) is 19.8.